The van der Waals surface area contributed by atoms with E-state index in [2.05, 4.69) is 66.8 Å². The third-order valence-electron chi connectivity index (χ3n) is 4.94. The molecule has 1 nitrogen and oxygen atoms in total. The second kappa shape index (κ2) is 10.1. The van der Waals surface area contributed by atoms with Crippen LogP contribution in [0.4, 0.5) is 0 Å². The van der Waals surface area contributed by atoms with Gasteiger partial charge in [0.2, 0.25) is 0 Å². The Morgan fingerprint density at radius 3 is 2.04 bits per heavy atom. The highest BCUT2D eigenvalue weighted by Gasteiger charge is 2.19. The van der Waals surface area contributed by atoms with E-state index in [1.807, 2.05) is 25.2 Å². The molecule has 0 aliphatic heterocycles. The molecule has 0 aliphatic carbocycles. The van der Waals surface area contributed by atoms with Gasteiger partial charge in [0, 0.05) is 12.0 Å². The molecule has 0 saturated heterocycles. The maximum atomic E-state index is 6.20. The van der Waals surface area contributed by atoms with Crippen LogP contribution in [0.3, 0.4) is 0 Å². The Bertz CT molecular complexity index is 847. The topological polar surface area (TPSA) is 12.0 Å². The van der Waals surface area contributed by atoms with Gasteiger partial charge in [0.1, 0.15) is 0 Å². The quantitative estimate of drug-likeness (QED) is 0.452. The number of rotatable bonds is 6. The maximum absolute atomic E-state index is 6.20. The minimum atomic E-state index is 0. The molecule has 3 aromatic rings. The zero-order chi connectivity index (χ0) is 18.5. The maximum Gasteiger partial charge on any atom is 0.0595 e. The fraction of sp³-hybridized carbons (Fsp3) is 0.217. The Hall–Kier alpha value is -1.51. The van der Waals surface area contributed by atoms with Crippen LogP contribution < -0.4 is 5.32 Å². The van der Waals surface area contributed by atoms with Crippen molar-refractivity contribution in [1.29, 1.82) is 0 Å². The second-order valence-electron chi connectivity index (χ2n) is 6.62. The number of nitrogens with one attached hydrogen (secondary N) is 1. The minimum absolute atomic E-state index is 0. The largest absolute Gasteiger partial charge is 0.317 e. The summed E-state index contributed by atoms with van der Waals surface area (Å²) in [5, 5.41) is 4.61. The van der Waals surface area contributed by atoms with Crippen LogP contribution in [-0.2, 0) is 6.42 Å². The van der Waals surface area contributed by atoms with E-state index < -0.39 is 0 Å². The van der Waals surface area contributed by atoms with E-state index in [1.54, 1.807) is 0 Å². The molecule has 0 fully saturated rings. The van der Waals surface area contributed by atoms with Crippen molar-refractivity contribution in [3.05, 3.63) is 94.0 Å². The van der Waals surface area contributed by atoms with Crippen molar-refractivity contribution < 1.29 is 0 Å². The van der Waals surface area contributed by atoms with E-state index >= 15 is 0 Å². The summed E-state index contributed by atoms with van der Waals surface area (Å²) >= 11 is 12.3. The summed E-state index contributed by atoms with van der Waals surface area (Å²) in [4.78, 5) is 0. The summed E-state index contributed by atoms with van der Waals surface area (Å²) < 4.78 is 0. The van der Waals surface area contributed by atoms with Crippen molar-refractivity contribution in [3.63, 3.8) is 0 Å². The number of likely N-dealkylation sites (N-methyl/N-ethyl adjacent to an activating group) is 1. The van der Waals surface area contributed by atoms with Gasteiger partial charge in [-0.2, -0.15) is 0 Å². The van der Waals surface area contributed by atoms with Gasteiger partial charge in [-0.1, -0.05) is 83.9 Å². The van der Waals surface area contributed by atoms with Gasteiger partial charge in [-0.3, -0.25) is 0 Å². The zero-order valence-electron chi connectivity index (χ0n) is 15.5. The smallest absolute Gasteiger partial charge is 0.0595 e. The van der Waals surface area contributed by atoms with E-state index in [4.69, 9.17) is 23.2 Å². The van der Waals surface area contributed by atoms with Crippen molar-refractivity contribution in [1.82, 2.24) is 5.32 Å². The van der Waals surface area contributed by atoms with E-state index in [1.165, 1.54) is 22.3 Å². The van der Waals surface area contributed by atoms with Crippen LogP contribution in [0.2, 0.25) is 10.0 Å². The highest BCUT2D eigenvalue weighted by atomic mass is 35.5. The van der Waals surface area contributed by atoms with E-state index in [-0.39, 0.29) is 12.4 Å². The lowest BCUT2D eigenvalue weighted by Gasteiger charge is -2.25. The highest BCUT2D eigenvalue weighted by molar-refractivity contribution is 6.42. The van der Waals surface area contributed by atoms with Gasteiger partial charge < -0.3 is 5.32 Å². The van der Waals surface area contributed by atoms with Crippen LogP contribution in [0.1, 0.15) is 24.0 Å². The van der Waals surface area contributed by atoms with E-state index in [0.29, 0.717) is 22.0 Å². The molecule has 0 bridgehead atoms. The molecule has 142 valence electrons. The predicted molar refractivity (Wildman–Crippen MR) is 121 cm³/mol. The summed E-state index contributed by atoms with van der Waals surface area (Å²) in [5.41, 5.74) is 4.98. The molecule has 0 aliphatic rings. The Balaban J connectivity index is 0.00000261. The standard InChI is InChI=1S/C23H23Cl2N.ClH/c1-16(26-2)21(14-17-8-13-22(24)23(25)15-17)20-11-9-19(10-12-20)18-6-4-3-5-7-18;/h3-13,15-16,21,26H,14H2,1-2H3;1H/t16-,21+;/m0./s1. The van der Waals surface area contributed by atoms with Crippen molar-refractivity contribution in [2.75, 3.05) is 7.05 Å². The SMILES string of the molecule is CN[C@@H](C)[C@@H](Cc1ccc(Cl)c(Cl)c1)c1ccc(-c2ccccc2)cc1.Cl. The molecule has 3 aromatic carbocycles. The molecule has 0 radical (unpaired) electrons. The Labute approximate surface area is 178 Å². The van der Waals surface area contributed by atoms with Gasteiger partial charge in [0.05, 0.1) is 10.0 Å². The Kier molecular flexibility index (Phi) is 8.19. The fourth-order valence-corrected chi connectivity index (χ4v) is 3.58. The second-order valence-corrected chi connectivity index (χ2v) is 7.44. The average molecular weight is 421 g/mol. The third kappa shape index (κ3) is 5.49. The van der Waals surface area contributed by atoms with Crippen LogP contribution >= 0.6 is 35.6 Å². The molecule has 0 aromatic heterocycles. The van der Waals surface area contributed by atoms with Crippen LogP contribution in [0.15, 0.2) is 72.8 Å². The Morgan fingerprint density at radius 1 is 0.815 bits per heavy atom. The van der Waals surface area contributed by atoms with Gasteiger partial charge in [0.15, 0.2) is 0 Å². The fourth-order valence-electron chi connectivity index (χ4n) is 3.26. The lowest BCUT2D eigenvalue weighted by molar-refractivity contribution is 0.491. The summed E-state index contributed by atoms with van der Waals surface area (Å²) in [6.07, 6.45) is 0.906. The first-order valence-corrected chi connectivity index (χ1v) is 9.60. The Morgan fingerprint density at radius 2 is 1.44 bits per heavy atom. The number of hydrogen-bond acceptors (Lipinski definition) is 1. The van der Waals surface area contributed by atoms with Gasteiger partial charge in [-0.05, 0) is 54.8 Å². The molecule has 0 unspecified atom stereocenters. The summed E-state index contributed by atoms with van der Waals surface area (Å²) in [7, 11) is 2.00. The van der Waals surface area contributed by atoms with Gasteiger partial charge in [-0.25, -0.2) is 0 Å². The van der Waals surface area contributed by atoms with Gasteiger partial charge in [0.25, 0.3) is 0 Å². The number of halogens is 3. The van der Waals surface area contributed by atoms with Crippen molar-refractivity contribution in [3.8, 4) is 11.1 Å². The molecule has 0 saturated carbocycles. The molecule has 2 atom stereocenters. The van der Waals surface area contributed by atoms with Gasteiger partial charge in [-0.15, -0.1) is 12.4 Å². The predicted octanol–water partition coefficient (Wildman–Crippen LogP) is 7.02. The van der Waals surface area contributed by atoms with Gasteiger partial charge >= 0.3 is 0 Å². The van der Waals surface area contributed by atoms with E-state index in [0.717, 1.165) is 6.42 Å². The third-order valence-corrected chi connectivity index (χ3v) is 5.68. The minimum Gasteiger partial charge on any atom is -0.317 e. The summed E-state index contributed by atoms with van der Waals surface area (Å²) in [6.45, 7) is 2.22. The lowest BCUT2D eigenvalue weighted by atomic mass is 9.86. The molecule has 3 rings (SSSR count). The first-order valence-electron chi connectivity index (χ1n) is 8.85. The van der Waals surface area contributed by atoms with Crippen molar-refractivity contribution in [2.45, 2.75) is 25.3 Å². The molecule has 4 heteroatoms. The molecular formula is C23H24Cl3N. The molecule has 0 spiro atoms. The number of hydrogen-bond donors (Lipinski definition) is 1. The normalized spacial score (nSPS) is 12.9. The molecule has 27 heavy (non-hydrogen) atoms. The molecule has 0 amide bonds. The van der Waals surface area contributed by atoms with E-state index in [9.17, 15) is 0 Å². The van der Waals surface area contributed by atoms with Crippen LogP contribution in [0.25, 0.3) is 11.1 Å². The van der Waals surface area contributed by atoms with Crippen LogP contribution in [0, 0.1) is 0 Å². The molecular weight excluding hydrogens is 397 g/mol. The van der Waals surface area contributed by atoms with Crippen LogP contribution in [-0.4, -0.2) is 13.1 Å². The van der Waals surface area contributed by atoms with Crippen LogP contribution in [0.5, 0.6) is 0 Å². The highest BCUT2D eigenvalue weighted by Crippen LogP contribution is 2.30. The van der Waals surface area contributed by atoms with Crippen molar-refractivity contribution in [2.24, 2.45) is 0 Å². The monoisotopic (exact) mass is 419 g/mol. The molecule has 1 N–H and O–H groups in total. The first-order chi connectivity index (χ1) is 12.6. The number of benzene rings is 3. The zero-order valence-corrected chi connectivity index (χ0v) is 17.8. The average Bonchev–Trinajstić information content (AvgIpc) is 2.69. The molecule has 0 heterocycles. The summed E-state index contributed by atoms with van der Waals surface area (Å²) in [5.74, 6) is 0.349. The lowest BCUT2D eigenvalue weighted by Crippen LogP contribution is -2.30. The van der Waals surface area contributed by atoms with Crippen molar-refractivity contribution >= 4 is 35.6 Å². The summed E-state index contributed by atoms with van der Waals surface area (Å²) in [6, 6.07) is 25.6. The first kappa shape index (κ1) is 21.8.